The largest absolute Gasteiger partial charge is 0.491 e. The number of hydrogen-bond donors (Lipinski definition) is 1. The molecule has 140 valence electrons. The molecule has 2 aromatic rings. The van der Waals surface area contributed by atoms with E-state index in [0.29, 0.717) is 13.0 Å². The first-order valence-electron chi connectivity index (χ1n) is 8.69. The highest BCUT2D eigenvalue weighted by Gasteiger charge is 2.20. The molecule has 0 unspecified atom stereocenters. The Labute approximate surface area is 155 Å². The molecule has 0 fully saturated rings. The van der Waals surface area contributed by atoms with Gasteiger partial charge in [0.1, 0.15) is 5.75 Å². The third-order valence-corrected chi connectivity index (χ3v) is 5.63. The van der Waals surface area contributed by atoms with Crippen LogP contribution in [0.3, 0.4) is 0 Å². The van der Waals surface area contributed by atoms with E-state index in [-0.39, 0.29) is 28.2 Å². The van der Waals surface area contributed by atoms with E-state index < -0.39 is 9.84 Å². The lowest BCUT2D eigenvalue weighted by Crippen LogP contribution is -2.27. The molecule has 0 aromatic heterocycles. The van der Waals surface area contributed by atoms with Gasteiger partial charge in [-0.15, -0.1) is 0 Å². The zero-order valence-electron chi connectivity index (χ0n) is 15.4. The van der Waals surface area contributed by atoms with Gasteiger partial charge in [0.25, 0.3) is 5.91 Å². The van der Waals surface area contributed by atoms with Crippen molar-refractivity contribution in [2.45, 2.75) is 38.2 Å². The number of amides is 1. The summed E-state index contributed by atoms with van der Waals surface area (Å²) in [4.78, 5) is 12.5. The van der Waals surface area contributed by atoms with Gasteiger partial charge >= 0.3 is 0 Å². The minimum atomic E-state index is -3.44. The van der Waals surface area contributed by atoms with E-state index >= 15 is 0 Å². The quantitative estimate of drug-likeness (QED) is 0.769. The molecule has 0 aliphatic carbocycles. The van der Waals surface area contributed by atoms with Crippen LogP contribution in [0, 0.1) is 0 Å². The molecule has 2 rings (SSSR count). The van der Waals surface area contributed by atoms with Crippen molar-refractivity contribution >= 4 is 15.7 Å². The van der Waals surface area contributed by atoms with Crippen molar-refractivity contribution in [3.8, 4) is 5.75 Å². The number of rotatable bonds is 8. The highest BCUT2D eigenvalue weighted by molar-refractivity contribution is 7.91. The van der Waals surface area contributed by atoms with Crippen molar-refractivity contribution in [3.63, 3.8) is 0 Å². The number of benzene rings is 2. The van der Waals surface area contributed by atoms with Crippen LogP contribution in [0.4, 0.5) is 0 Å². The molecule has 26 heavy (non-hydrogen) atoms. The van der Waals surface area contributed by atoms with E-state index in [0.717, 1.165) is 11.3 Å². The normalized spacial score (nSPS) is 11.4. The molecule has 0 bridgehead atoms. The Morgan fingerprint density at radius 2 is 1.73 bits per heavy atom. The fourth-order valence-corrected chi connectivity index (χ4v) is 3.60. The fraction of sp³-hybridized carbons (Fsp3) is 0.350. The fourth-order valence-electron chi connectivity index (χ4n) is 2.50. The number of ether oxygens (including phenoxy) is 1. The van der Waals surface area contributed by atoms with Crippen LogP contribution in [0.2, 0.25) is 0 Å². The summed E-state index contributed by atoms with van der Waals surface area (Å²) < 4.78 is 29.9. The van der Waals surface area contributed by atoms with Crippen LogP contribution in [-0.2, 0) is 16.3 Å². The Morgan fingerprint density at radius 3 is 2.35 bits per heavy atom. The van der Waals surface area contributed by atoms with Gasteiger partial charge in [0.05, 0.1) is 22.3 Å². The number of nitrogens with one attached hydrogen (secondary N) is 1. The van der Waals surface area contributed by atoms with Gasteiger partial charge in [-0.05, 0) is 50.1 Å². The van der Waals surface area contributed by atoms with Gasteiger partial charge in [0.15, 0.2) is 9.84 Å². The van der Waals surface area contributed by atoms with Gasteiger partial charge in [-0.2, -0.15) is 0 Å². The summed E-state index contributed by atoms with van der Waals surface area (Å²) in [6.45, 7) is 5.93. The highest BCUT2D eigenvalue weighted by atomic mass is 32.2. The molecule has 0 atom stereocenters. The molecule has 5 nitrogen and oxygen atoms in total. The molecule has 1 amide bonds. The van der Waals surface area contributed by atoms with Gasteiger partial charge in [0, 0.05) is 6.54 Å². The standard InChI is InChI=1S/C20H25NO4S/c1-4-26(23,24)19-8-6-5-7-18(19)20(22)21-14-13-16-9-11-17(12-10-16)25-15(2)3/h5-12,15H,4,13-14H2,1-3H3,(H,21,22). The predicted octanol–water partition coefficient (Wildman–Crippen LogP) is 3.24. The van der Waals surface area contributed by atoms with Crippen LogP contribution >= 0.6 is 0 Å². The van der Waals surface area contributed by atoms with Gasteiger partial charge in [-0.25, -0.2) is 8.42 Å². The first-order valence-corrected chi connectivity index (χ1v) is 10.3. The molecule has 6 heteroatoms. The second-order valence-electron chi connectivity index (χ2n) is 6.22. The van der Waals surface area contributed by atoms with Crippen molar-refractivity contribution in [2.75, 3.05) is 12.3 Å². The monoisotopic (exact) mass is 375 g/mol. The zero-order valence-corrected chi connectivity index (χ0v) is 16.2. The van der Waals surface area contributed by atoms with E-state index in [2.05, 4.69) is 5.32 Å². The van der Waals surface area contributed by atoms with Crippen molar-refractivity contribution in [1.29, 1.82) is 0 Å². The average Bonchev–Trinajstić information content (AvgIpc) is 2.62. The lowest BCUT2D eigenvalue weighted by Gasteiger charge is -2.11. The van der Waals surface area contributed by atoms with E-state index in [9.17, 15) is 13.2 Å². The second-order valence-corrected chi connectivity index (χ2v) is 8.46. The third kappa shape index (κ3) is 5.33. The van der Waals surface area contributed by atoms with Crippen LogP contribution < -0.4 is 10.1 Å². The molecule has 2 aromatic carbocycles. The topological polar surface area (TPSA) is 72.5 Å². The number of carbonyl (C=O) groups excluding carboxylic acids is 1. The first kappa shape index (κ1) is 20.0. The minimum Gasteiger partial charge on any atom is -0.491 e. The highest BCUT2D eigenvalue weighted by Crippen LogP contribution is 2.17. The molecule has 0 saturated carbocycles. The SMILES string of the molecule is CCS(=O)(=O)c1ccccc1C(=O)NCCc1ccc(OC(C)C)cc1. The Bertz CT molecular complexity index is 842. The lowest BCUT2D eigenvalue weighted by atomic mass is 10.1. The molecule has 0 radical (unpaired) electrons. The van der Waals surface area contributed by atoms with Crippen molar-refractivity contribution in [1.82, 2.24) is 5.32 Å². The zero-order chi connectivity index (χ0) is 19.2. The third-order valence-electron chi connectivity index (χ3n) is 3.84. The lowest BCUT2D eigenvalue weighted by molar-refractivity contribution is 0.0951. The number of carbonyl (C=O) groups is 1. The Kier molecular flexibility index (Phi) is 6.80. The van der Waals surface area contributed by atoms with Gasteiger partial charge in [-0.3, -0.25) is 4.79 Å². The maximum Gasteiger partial charge on any atom is 0.252 e. The van der Waals surface area contributed by atoms with Gasteiger partial charge in [-0.1, -0.05) is 31.2 Å². The van der Waals surface area contributed by atoms with E-state index in [1.807, 2.05) is 38.1 Å². The molecule has 0 saturated heterocycles. The summed E-state index contributed by atoms with van der Waals surface area (Å²) in [5, 5.41) is 2.80. The predicted molar refractivity (Wildman–Crippen MR) is 102 cm³/mol. The van der Waals surface area contributed by atoms with Crippen molar-refractivity contribution < 1.29 is 17.9 Å². The summed E-state index contributed by atoms with van der Waals surface area (Å²) in [6, 6.07) is 14.0. The Balaban J connectivity index is 1.98. The summed E-state index contributed by atoms with van der Waals surface area (Å²) in [5.41, 5.74) is 1.26. The first-order chi connectivity index (χ1) is 12.3. The smallest absolute Gasteiger partial charge is 0.252 e. The minimum absolute atomic E-state index is 0.0396. The average molecular weight is 375 g/mol. The molecule has 0 aliphatic heterocycles. The van der Waals surface area contributed by atoms with Crippen LogP contribution in [0.5, 0.6) is 5.75 Å². The van der Waals surface area contributed by atoms with Gasteiger partial charge < -0.3 is 10.1 Å². The molecular weight excluding hydrogens is 350 g/mol. The van der Waals surface area contributed by atoms with Crippen LogP contribution in [0.1, 0.15) is 36.7 Å². The summed E-state index contributed by atoms with van der Waals surface area (Å²) in [5.74, 6) is 0.395. The molecule has 1 N–H and O–H groups in total. The summed E-state index contributed by atoms with van der Waals surface area (Å²) >= 11 is 0. The van der Waals surface area contributed by atoms with Crippen LogP contribution in [0.25, 0.3) is 0 Å². The van der Waals surface area contributed by atoms with Crippen LogP contribution in [-0.4, -0.2) is 32.7 Å². The Hall–Kier alpha value is -2.34. The Morgan fingerprint density at radius 1 is 1.08 bits per heavy atom. The second kappa shape index (κ2) is 8.85. The molecular formula is C20H25NO4S. The number of sulfone groups is 1. The molecule has 0 spiro atoms. The molecule has 0 aliphatic rings. The maximum atomic E-state index is 12.4. The van der Waals surface area contributed by atoms with E-state index in [4.69, 9.17) is 4.74 Å². The van der Waals surface area contributed by atoms with E-state index in [1.54, 1.807) is 19.1 Å². The van der Waals surface area contributed by atoms with E-state index in [1.165, 1.54) is 12.1 Å². The van der Waals surface area contributed by atoms with Crippen molar-refractivity contribution in [2.24, 2.45) is 0 Å². The van der Waals surface area contributed by atoms with Crippen molar-refractivity contribution in [3.05, 3.63) is 59.7 Å². The summed E-state index contributed by atoms with van der Waals surface area (Å²) in [7, 11) is -3.44. The maximum absolute atomic E-state index is 12.4. The number of hydrogen-bond acceptors (Lipinski definition) is 4. The summed E-state index contributed by atoms with van der Waals surface area (Å²) in [6.07, 6.45) is 0.774. The van der Waals surface area contributed by atoms with Crippen LogP contribution in [0.15, 0.2) is 53.4 Å². The molecule has 0 heterocycles. The van der Waals surface area contributed by atoms with Gasteiger partial charge in [0.2, 0.25) is 0 Å².